The van der Waals surface area contributed by atoms with Crippen LogP contribution in [0.1, 0.15) is 20.8 Å². The van der Waals surface area contributed by atoms with Gasteiger partial charge in [-0.15, -0.1) is 0 Å². The molecule has 0 unspecified atom stereocenters. The summed E-state index contributed by atoms with van der Waals surface area (Å²) in [6, 6.07) is 17.7. The predicted molar refractivity (Wildman–Crippen MR) is 126 cm³/mol. The van der Waals surface area contributed by atoms with Gasteiger partial charge < -0.3 is 9.30 Å². The predicted octanol–water partition coefficient (Wildman–Crippen LogP) is 6.17. The van der Waals surface area contributed by atoms with Crippen LogP contribution in [-0.2, 0) is 9.53 Å². The molecule has 0 aliphatic rings. The van der Waals surface area contributed by atoms with Crippen molar-refractivity contribution in [3.63, 3.8) is 0 Å². The summed E-state index contributed by atoms with van der Waals surface area (Å²) in [5, 5.41) is 2.30. The van der Waals surface area contributed by atoms with Crippen LogP contribution in [0, 0.1) is 0 Å². The van der Waals surface area contributed by atoms with Crippen molar-refractivity contribution < 1.29 is 9.53 Å². The number of carbonyl (C=O) groups excluding carboxylic acids is 1. The van der Waals surface area contributed by atoms with Gasteiger partial charge in [-0.3, -0.25) is 4.79 Å². The largest absolute Gasteiger partial charge is 0.465 e. The third-order valence-corrected chi connectivity index (χ3v) is 6.29. The third-order valence-electron chi connectivity index (χ3n) is 4.86. The van der Waals surface area contributed by atoms with Crippen LogP contribution in [0.2, 0.25) is 5.02 Å². The third kappa shape index (κ3) is 4.31. The fourth-order valence-corrected chi connectivity index (χ4v) is 4.49. The number of thioether (sulfide) groups is 1. The Hall–Kier alpha value is -2.83. The lowest BCUT2D eigenvalue weighted by Gasteiger charge is -2.21. The Balaban J connectivity index is 1.92. The molecule has 0 spiro atoms. The van der Waals surface area contributed by atoms with E-state index in [0.717, 1.165) is 32.9 Å². The van der Waals surface area contributed by atoms with Crippen LogP contribution in [0.5, 0.6) is 0 Å². The molecule has 7 heteroatoms. The molecule has 0 N–H and O–H groups in total. The molecule has 0 bridgehead atoms. The lowest BCUT2D eigenvalue weighted by atomic mass is 10.1. The maximum atomic E-state index is 12.5. The normalized spacial score (nSPS) is 11.6. The second-order valence-electron chi connectivity index (χ2n) is 7.47. The summed E-state index contributed by atoms with van der Waals surface area (Å²) in [5.41, 5.74) is 3.74. The van der Waals surface area contributed by atoms with Gasteiger partial charge in [0.1, 0.15) is 21.7 Å². The molecule has 0 amide bonds. The number of hydrogen-bond donors (Lipinski definition) is 0. The maximum absolute atomic E-state index is 12.5. The number of nitrogens with zero attached hydrogens (tertiary/aromatic N) is 3. The lowest BCUT2D eigenvalue weighted by molar-refractivity contribution is -0.145. The number of ether oxygens (including phenoxy) is 1. The Morgan fingerprint density at radius 1 is 1.10 bits per heavy atom. The molecule has 0 saturated heterocycles. The first-order valence-electron chi connectivity index (χ1n) is 9.94. The van der Waals surface area contributed by atoms with Crippen molar-refractivity contribution in [3.8, 4) is 16.8 Å². The van der Waals surface area contributed by atoms with E-state index in [9.17, 15) is 4.79 Å². The van der Waals surface area contributed by atoms with Gasteiger partial charge in [-0.2, -0.15) is 0 Å². The van der Waals surface area contributed by atoms with Gasteiger partial charge in [0.15, 0.2) is 0 Å². The summed E-state index contributed by atoms with van der Waals surface area (Å²) >= 11 is 7.47. The molecule has 158 valence electrons. The minimum Gasteiger partial charge on any atom is -0.465 e. The van der Waals surface area contributed by atoms with Crippen molar-refractivity contribution in [1.29, 1.82) is 0 Å². The topological polar surface area (TPSA) is 57.0 Å². The quantitative estimate of drug-likeness (QED) is 0.199. The summed E-state index contributed by atoms with van der Waals surface area (Å²) in [4.78, 5) is 21.7. The standard InChI is InChI=1S/C24H22ClN3O2S/c1-4-30-23(29)24(2,3)31-22-20-19(16-8-6-5-7-9-16)14-28(21(20)26-15-27-22)18-12-10-17(25)11-13-18/h5-15H,4H2,1-3H3. The van der Waals surface area contributed by atoms with E-state index >= 15 is 0 Å². The van der Waals surface area contributed by atoms with Crippen molar-refractivity contribution in [3.05, 3.63) is 72.1 Å². The maximum Gasteiger partial charge on any atom is 0.322 e. The van der Waals surface area contributed by atoms with E-state index in [2.05, 4.69) is 28.3 Å². The Labute approximate surface area is 190 Å². The van der Waals surface area contributed by atoms with Crippen molar-refractivity contribution in [2.24, 2.45) is 0 Å². The SMILES string of the molecule is CCOC(=O)C(C)(C)Sc1ncnc2c1c(-c1ccccc1)cn2-c1ccc(Cl)cc1. The molecule has 0 atom stereocenters. The molecule has 4 rings (SSSR count). The van der Waals surface area contributed by atoms with E-state index in [0.29, 0.717) is 11.6 Å². The number of aromatic nitrogens is 3. The van der Waals surface area contributed by atoms with E-state index in [-0.39, 0.29) is 5.97 Å². The Bertz CT molecular complexity index is 1220. The Morgan fingerprint density at radius 2 is 1.81 bits per heavy atom. The molecule has 2 aromatic heterocycles. The number of hydrogen-bond acceptors (Lipinski definition) is 5. The molecule has 0 saturated carbocycles. The van der Waals surface area contributed by atoms with Gasteiger partial charge >= 0.3 is 5.97 Å². The molecule has 0 fully saturated rings. The highest BCUT2D eigenvalue weighted by Gasteiger charge is 2.33. The van der Waals surface area contributed by atoms with Gasteiger partial charge in [0.25, 0.3) is 0 Å². The Morgan fingerprint density at radius 3 is 2.48 bits per heavy atom. The highest BCUT2D eigenvalue weighted by atomic mass is 35.5. The van der Waals surface area contributed by atoms with Crippen LogP contribution in [0.3, 0.4) is 0 Å². The number of benzene rings is 2. The van der Waals surface area contributed by atoms with E-state index in [4.69, 9.17) is 16.3 Å². The highest BCUT2D eigenvalue weighted by Crippen LogP contribution is 2.41. The molecule has 31 heavy (non-hydrogen) atoms. The summed E-state index contributed by atoms with van der Waals surface area (Å²) in [7, 11) is 0. The molecule has 0 aliphatic heterocycles. The zero-order chi connectivity index (χ0) is 22.0. The molecular formula is C24H22ClN3O2S. The van der Waals surface area contributed by atoms with Crippen LogP contribution < -0.4 is 0 Å². The van der Waals surface area contributed by atoms with Crippen LogP contribution in [-0.4, -0.2) is 31.9 Å². The first kappa shape index (κ1) is 21.4. The summed E-state index contributed by atoms with van der Waals surface area (Å²) in [6.07, 6.45) is 3.59. The van der Waals surface area contributed by atoms with Crippen LogP contribution in [0.4, 0.5) is 0 Å². The summed E-state index contributed by atoms with van der Waals surface area (Å²) < 4.78 is 6.50. The van der Waals surface area contributed by atoms with Gasteiger partial charge in [0, 0.05) is 22.5 Å². The molecular weight excluding hydrogens is 430 g/mol. The fourth-order valence-electron chi connectivity index (χ4n) is 3.33. The van der Waals surface area contributed by atoms with Crippen LogP contribution >= 0.6 is 23.4 Å². The van der Waals surface area contributed by atoms with E-state index in [1.54, 1.807) is 6.92 Å². The minimum atomic E-state index is -0.798. The molecule has 5 nitrogen and oxygen atoms in total. The fraction of sp³-hybridized carbons (Fsp3) is 0.208. The van der Waals surface area contributed by atoms with Crippen molar-refractivity contribution >= 4 is 40.4 Å². The van der Waals surface area contributed by atoms with Crippen molar-refractivity contribution in [1.82, 2.24) is 14.5 Å². The average Bonchev–Trinajstić information content (AvgIpc) is 3.16. The van der Waals surface area contributed by atoms with Crippen molar-refractivity contribution in [2.45, 2.75) is 30.5 Å². The lowest BCUT2D eigenvalue weighted by Crippen LogP contribution is -2.30. The minimum absolute atomic E-state index is 0.273. The van der Waals surface area contributed by atoms with Gasteiger partial charge in [0.05, 0.1) is 12.0 Å². The van der Waals surface area contributed by atoms with Crippen LogP contribution in [0.15, 0.2) is 72.1 Å². The van der Waals surface area contributed by atoms with E-state index in [1.807, 2.05) is 60.9 Å². The molecule has 2 aromatic carbocycles. The number of carbonyl (C=O) groups is 1. The van der Waals surface area contributed by atoms with E-state index in [1.165, 1.54) is 18.1 Å². The van der Waals surface area contributed by atoms with E-state index < -0.39 is 4.75 Å². The monoisotopic (exact) mass is 451 g/mol. The summed E-state index contributed by atoms with van der Waals surface area (Å²) in [6.45, 7) is 5.84. The smallest absolute Gasteiger partial charge is 0.322 e. The second kappa shape index (κ2) is 8.73. The van der Waals surface area contributed by atoms with Gasteiger partial charge in [-0.25, -0.2) is 9.97 Å². The first-order chi connectivity index (χ1) is 14.9. The average molecular weight is 452 g/mol. The summed E-state index contributed by atoms with van der Waals surface area (Å²) in [5.74, 6) is -0.273. The molecule has 0 aliphatic carbocycles. The second-order valence-corrected chi connectivity index (χ2v) is 9.51. The molecule has 0 radical (unpaired) electrons. The highest BCUT2D eigenvalue weighted by molar-refractivity contribution is 8.01. The first-order valence-corrected chi connectivity index (χ1v) is 11.1. The number of fused-ring (bicyclic) bond motifs is 1. The van der Waals surface area contributed by atoms with Crippen molar-refractivity contribution in [2.75, 3.05) is 6.61 Å². The van der Waals surface area contributed by atoms with Gasteiger partial charge in [-0.05, 0) is 50.6 Å². The zero-order valence-electron chi connectivity index (χ0n) is 17.5. The zero-order valence-corrected chi connectivity index (χ0v) is 19.1. The molecule has 4 aromatic rings. The number of rotatable bonds is 6. The number of halogens is 1. The number of esters is 1. The Kier molecular flexibility index (Phi) is 6.03. The molecule has 2 heterocycles. The van der Waals surface area contributed by atoms with Crippen LogP contribution in [0.25, 0.3) is 27.8 Å². The van der Waals surface area contributed by atoms with Gasteiger partial charge in [0.2, 0.25) is 0 Å². The van der Waals surface area contributed by atoms with Gasteiger partial charge in [-0.1, -0.05) is 53.7 Å².